The molecule has 0 saturated carbocycles. The van der Waals surface area contributed by atoms with E-state index in [1.807, 2.05) is 7.05 Å². The molecule has 5 heteroatoms. The van der Waals surface area contributed by atoms with Crippen LogP contribution in [0.1, 0.15) is 11.3 Å². The summed E-state index contributed by atoms with van der Waals surface area (Å²) in [6, 6.07) is 6.63. The lowest BCUT2D eigenvalue weighted by Gasteiger charge is -2.18. The summed E-state index contributed by atoms with van der Waals surface area (Å²) >= 11 is 0. The SMILES string of the molecule is CN(Cc1ccccc1F)c1cnc(CO)cn1. The minimum atomic E-state index is -0.232. The Balaban J connectivity index is 2.11. The summed E-state index contributed by atoms with van der Waals surface area (Å²) in [5, 5.41) is 8.87. The highest BCUT2D eigenvalue weighted by Gasteiger charge is 2.07. The van der Waals surface area contributed by atoms with Gasteiger partial charge in [-0.3, -0.25) is 4.98 Å². The highest BCUT2D eigenvalue weighted by molar-refractivity contribution is 5.36. The topological polar surface area (TPSA) is 49.2 Å². The fourth-order valence-corrected chi connectivity index (χ4v) is 1.59. The Morgan fingerprint density at radius 1 is 1.22 bits per heavy atom. The lowest BCUT2D eigenvalue weighted by molar-refractivity contribution is 0.276. The Morgan fingerprint density at radius 3 is 2.61 bits per heavy atom. The van der Waals surface area contributed by atoms with Gasteiger partial charge in [0.1, 0.15) is 11.6 Å². The van der Waals surface area contributed by atoms with Gasteiger partial charge in [0.25, 0.3) is 0 Å². The fourth-order valence-electron chi connectivity index (χ4n) is 1.59. The van der Waals surface area contributed by atoms with Gasteiger partial charge in [-0.25, -0.2) is 9.37 Å². The quantitative estimate of drug-likeness (QED) is 0.894. The number of benzene rings is 1. The molecule has 0 fully saturated rings. The largest absolute Gasteiger partial charge is 0.390 e. The van der Waals surface area contributed by atoms with Crippen LogP contribution in [0.5, 0.6) is 0 Å². The Morgan fingerprint density at radius 2 is 2.00 bits per heavy atom. The van der Waals surface area contributed by atoms with Crippen LogP contribution in [0.25, 0.3) is 0 Å². The Labute approximate surface area is 105 Å². The molecule has 1 N–H and O–H groups in total. The summed E-state index contributed by atoms with van der Waals surface area (Å²) in [4.78, 5) is 9.99. The molecule has 18 heavy (non-hydrogen) atoms. The first-order valence-corrected chi connectivity index (χ1v) is 5.57. The van der Waals surface area contributed by atoms with Crippen molar-refractivity contribution in [1.29, 1.82) is 0 Å². The maximum Gasteiger partial charge on any atom is 0.147 e. The minimum absolute atomic E-state index is 0.135. The third-order valence-electron chi connectivity index (χ3n) is 2.61. The van der Waals surface area contributed by atoms with Crippen LogP contribution in [0, 0.1) is 5.82 Å². The molecular formula is C13H14FN3O. The normalized spacial score (nSPS) is 10.4. The molecule has 0 radical (unpaired) electrons. The molecule has 1 heterocycles. The van der Waals surface area contributed by atoms with Crippen molar-refractivity contribution in [2.45, 2.75) is 13.2 Å². The van der Waals surface area contributed by atoms with Crippen LogP contribution in [-0.4, -0.2) is 22.1 Å². The molecule has 0 aliphatic rings. The van der Waals surface area contributed by atoms with Crippen molar-refractivity contribution in [3.8, 4) is 0 Å². The molecule has 0 aliphatic carbocycles. The van der Waals surface area contributed by atoms with Gasteiger partial charge in [-0.2, -0.15) is 0 Å². The monoisotopic (exact) mass is 247 g/mol. The van der Waals surface area contributed by atoms with Gasteiger partial charge in [-0.1, -0.05) is 18.2 Å². The number of halogens is 1. The van der Waals surface area contributed by atoms with Gasteiger partial charge in [0, 0.05) is 19.2 Å². The van der Waals surface area contributed by atoms with Crippen molar-refractivity contribution in [1.82, 2.24) is 9.97 Å². The molecule has 2 rings (SSSR count). The summed E-state index contributed by atoms with van der Waals surface area (Å²) in [5.74, 6) is 0.403. The van der Waals surface area contributed by atoms with Crippen molar-refractivity contribution in [3.63, 3.8) is 0 Å². The van der Waals surface area contributed by atoms with Crippen LogP contribution in [0.15, 0.2) is 36.7 Å². The summed E-state index contributed by atoms with van der Waals surface area (Å²) in [5.41, 5.74) is 1.12. The van der Waals surface area contributed by atoms with Gasteiger partial charge in [-0.05, 0) is 6.07 Å². The predicted octanol–water partition coefficient (Wildman–Crippen LogP) is 1.74. The summed E-state index contributed by atoms with van der Waals surface area (Å²) in [6.45, 7) is 0.282. The van der Waals surface area contributed by atoms with Crippen molar-refractivity contribution >= 4 is 5.82 Å². The molecule has 4 nitrogen and oxygen atoms in total. The van der Waals surface area contributed by atoms with Gasteiger partial charge in [0.05, 0.1) is 24.7 Å². The zero-order valence-electron chi connectivity index (χ0n) is 10.0. The molecule has 0 amide bonds. The summed E-state index contributed by atoms with van der Waals surface area (Å²) in [7, 11) is 1.81. The lowest BCUT2D eigenvalue weighted by Crippen LogP contribution is -2.18. The van der Waals surface area contributed by atoms with Gasteiger partial charge in [0.15, 0.2) is 0 Å². The van der Waals surface area contributed by atoms with E-state index in [1.54, 1.807) is 29.3 Å². The Hall–Kier alpha value is -2.01. The maximum atomic E-state index is 13.5. The van der Waals surface area contributed by atoms with Gasteiger partial charge in [-0.15, -0.1) is 0 Å². The number of aromatic nitrogens is 2. The molecule has 0 bridgehead atoms. The fraction of sp³-hybridized carbons (Fsp3) is 0.231. The van der Waals surface area contributed by atoms with Crippen LogP contribution < -0.4 is 4.90 Å². The molecule has 0 unspecified atom stereocenters. The molecule has 0 atom stereocenters. The maximum absolute atomic E-state index is 13.5. The van der Waals surface area contributed by atoms with Gasteiger partial charge in [0.2, 0.25) is 0 Å². The first-order valence-electron chi connectivity index (χ1n) is 5.57. The average Bonchev–Trinajstić information content (AvgIpc) is 2.41. The standard InChI is InChI=1S/C13H14FN3O/c1-17(8-10-4-2-3-5-12(10)14)13-7-15-11(9-18)6-16-13/h2-7,18H,8-9H2,1H3. The van der Waals surface area contributed by atoms with E-state index in [4.69, 9.17) is 5.11 Å². The second-order valence-electron chi connectivity index (χ2n) is 3.97. The smallest absolute Gasteiger partial charge is 0.147 e. The number of aliphatic hydroxyl groups is 1. The lowest BCUT2D eigenvalue weighted by atomic mass is 10.2. The van der Waals surface area contributed by atoms with Crippen LogP contribution in [0.2, 0.25) is 0 Å². The molecule has 2 aromatic rings. The van der Waals surface area contributed by atoms with E-state index < -0.39 is 0 Å². The van der Waals surface area contributed by atoms with Crippen molar-refractivity contribution in [2.24, 2.45) is 0 Å². The van der Waals surface area contributed by atoms with Crippen LogP contribution in [-0.2, 0) is 13.2 Å². The molecule has 1 aromatic heterocycles. The van der Waals surface area contributed by atoms with Gasteiger partial charge < -0.3 is 10.0 Å². The Kier molecular flexibility index (Phi) is 3.84. The van der Waals surface area contributed by atoms with E-state index in [2.05, 4.69) is 9.97 Å². The van der Waals surface area contributed by atoms with Gasteiger partial charge >= 0.3 is 0 Å². The highest BCUT2D eigenvalue weighted by Crippen LogP contribution is 2.13. The van der Waals surface area contributed by atoms with E-state index in [1.165, 1.54) is 12.3 Å². The number of hydrogen-bond acceptors (Lipinski definition) is 4. The van der Waals surface area contributed by atoms with Crippen molar-refractivity contribution in [2.75, 3.05) is 11.9 Å². The van der Waals surface area contributed by atoms with E-state index in [0.717, 1.165) is 0 Å². The van der Waals surface area contributed by atoms with Crippen LogP contribution in [0.4, 0.5) is 10.2 Å². The molecule has 0 aliphatic heterocycles. The summed E-state index contributed by atoms with van der Waals surface area (Å²) in [6.07, 6.45) is 3.07. The molecular weight excluding hydrogens is 233 g/mol. The third-order valence-corrected chi connectivity index (χ3v) is 2.61. The zero-order chi connectivity index (χ0) is 13.0. The minimum Gasteiger partial charge on any atom is -0.390 e. The van der Waals surface area contributed by atoms with Crippen molar-refractivity contribution in [3.05, 3.63) is 53.7 Å². The number of aliphatic hydroxyl groups excluding tert-OH is 1. The van der Waals surface area contributed by atoms with Crippen molar-refractivity contribution < 1.29 is 9.50 Å². The number of rotatable bonds is 4. The number of hydrogen-bond donors (Lipinski definition) is 1. The predicted molar refractivity (Wildman–Crippen MR) is 66.5 cm³/mol. The van der Waals surface area contributed by atoms with E-state index >= 15 is 0 Å². The van der Waals surface area contributed by atoms with Crippen LogP contribution in [0.3, 0.4) is 0 Å². The Bertz CT molecular complexity index is 516. The van der Waals surface area contributed by atoms with E-state index in [9.17, 15) is 4.39 Å². The highest BCUT2D eigenvalue weighted by atomic mass is 19.1. The average molecular weight is 247 g/mol. The van der Waals surface area contributed by atoms with Crippen LogP contribution >= 0.6 is 0 Å². The second-order valence-corrected chi connectivity index (χ2v) is 3.97. The van der Waals surface area contributed by atoms with E-state index in [0.29, 0.717) is 23.6 Å². The first-order chi connectivity index (χ1) is 8.70. The molecule has 0 saturated heterocycles. The summed E-state index contributed by atoms with van der Waals surface area (Å²) < 4.78 is 13.5. The number of anilines is 1. The van der Waals surface area contributed by atoms with E-state index in [-0.39, 0.29) is 12.4 Å². The number of nitrogens with zero attached hydrogens (tertiary/aromatic N) is 3. The second kappa shape index (κ2) is 5.55. The molecule has 94 valence electrons. The zero-order valence-corrected chi connectivity index (χ0v) is 10.0. The molecule has 0 spiro atoms. The third kappa shape index (κ3) is 2.81. The molecule has 1 aromatic carbocycles. The first kappa shape index (κ1) is 12.4.